The molecule has 0 unspecified atom stereocenters. The number of rotatable bonds is 39. The number of benzene rings is 1. The van der Waals surface area contributed by atoms with Gasteiger partial charge in [0.2, 0.25) is 0 Å². The van der Waals surface area contributed by atoms with E-state index in [4.69, 9.17) is 55.9 Å². The summed E-state index contributed by atoms with van der Waals surface area (Å²) in [6.45, 7) is 30.3. The van der Waals surface area contributed by atoms with Gasteiger partial charge >= 0.3 is 17.9 Å². The van der Waals surface area contributed by atoms with E-state index in [0.717, 1.165) is 92.9 Å². The number of carbonyl (C=O) groups is 3. The van der Waals surface area contributed by atoms with Gasteiger partial charge in [-0.15, -0.1) is 0 Å². The monoisotopic (exact) mass is 1370 g/mol. The molecule has 19 heteroatoms. The van der Waals surface area contributed by atoms with Crippen molar-refractivity contribution in [2.75, 3.05) is 34.0 Å². The molecular formula is C75H130O16Si3. The van der Waals surface area contributed by atoms with E-state index in [-0.39, 0.29) is 54.6 Å². The van der Waals surface area contributed by atoms with Crippen LogP contribution in [0.1, 0.15) is 229 Å². The summed E-state index contributed by atoms with van der Waals surface area (Å²) < 4.78 is 83.3. The van der Waals surface area contributed by atoms with Crippen LogP contribution in [-0.4, -0.2) is 149 Å². The van der Waals surface area contributed by atoms with Crippen molar-refractivity contribution < 1.29 is 75.4 Å². The van der Waals surface area contributed by atoms with Crippen LogP contribution in [0.3, 0.4) is 0 Å². The fourth-order valence-electron chi connectivity index (χ4n) is 19.8. The Hall–Kier alpha value is -2.28. The van der Waals surface area contributed by atoms with Crippen LogP contribution < -0.4 is 4.74 Å². The smallest absolute Gasteiger partial charge is 0.338 e. The Kier molecular flexibility index (Phi) is 28.0. The molecule has 7 fully saturated rings. The zero-order valence-corrected chi connectivity index (χ0v) is 64.5. The third-order valence-corrected chi connectivity index (χ3v) is 40.5. The van der Waals surface area contributed by atoms with Gasteiger partial charge in [-0.05, 0) is 159 Å². The Morgan fingerprint density at radius 1 is 0.596 bits per heavy atom. The van der Waals surface area contributed by atoms with E-state index in [1.807, 2.05) is 14.0 Å². The second-order valence-electron chi connectivity index (χ2n) is 30.5. The first-order valence-corrected chi connectivity index (χ1v) is 45.7. The third-order valence-electron chi connectivity index (χ3n) is 26.5. The molecule has 1 N–H and O–H groups in total. The van der Waals surface area contributed by atoms with Gasteiger partial charge in [-0.2, -0.15) is 0 Å². The topological polar surface area (TPSA) is 182 Å². The van der Waals surface area contributed by atoms with Gasteiger partial charge in [0.1, 0.15) is 23.6 Å². The zero-order chi connectivity index (χ0) is 68.3. The number of methoxy groups -OCH3 is 2. The number of aliphatic hydroxyl groups is 1. The van der Waals surface area contributed by atoms with Crippen LogP contribution >= 0.6 is 0 Å². The van der Waals surface area contributed by atoms with Gasteiger partial charge in [0.05, 0.1) is 56.9 Å². The minimum absolute atomic E-state index is 0.00552. The molecule has 0 amide bonds. The highest BCUT2D eigenvalue weighted by Gasteiger charge is 2.79. The summed E-state index contributed by atoms with van der Waals surface area (Å²) in [5.41, 5.74) is -1.58. The normalized spacial score (nSPS) is 35.0. The number of unbranched alkanes of at least 4 members (excludes halogenated alkanes) is 10. The van der Waals surface area contributed by atoms with E-state index < -0.39 is 109 Å². The number of fused-ring (bicyclic) bond motifs is 4. The molecule has 2 saturated heterocycles. The first-order chi connectivity index (χ1) is 45.1. The second-order valence-corrected chi connectivity index (χ2v) is 44.7. The van der Waals surface area contributed by atoms with Gasteiger partial charge in [0, 0.05) is 37.2 Å². The molecule has 1 aromatic rings. The predicted octanol–water partition coefficient (Wildman–Crippen LogP) is 16.7. The maximum Gasteiger partial charge on any atom is 0.338 e. The molecule has 0 bridgehead atoms. The number of esters is 3. The summed E-state index contributed by atoms with van der Waals surface area (Å²) >= 11 is 0. The molecule has 0 radical (unpaired) electrons. The molecule has 1 aromatic carbocycles. The molecular weight excluding hydrogens is 1240 g/mol. The Labute approximate surface area is 571 Å². The Bertz CT molecular complexity index is 2510. The van der Waals surface area contributed by atoms with Gasteiger partial charge in [0.25, 0.3) is 0 Å². The summed E-state index contributed by atoms with van der Waals surface area (Å²) in [5.74, 6) is 0.0325. The minimum atomic E-state index is -2.52. The van der Waals surface area contributed by atoms with Crippen LogP contribution in [0.4, 0.5) is 0 Å². The van der Waals surface area contributed by atoms with E-state index in [1.54, 1.807) is 31.4 Å². The molecule has 5 saturated carbocycles. The number of hydrogen-bond donors (Lipinski definition) is 1. The molecule has 8 rings (SSSR count). The number of carbonyl (C=O) groups excluding carboxylic acids is 3. The zero-order valence-electron chi connectivity index (χ0n) is 61.5. The minimum Gasteiger partial charge on any atom is -0.497 e. The predicted molar refractivity (Wildman–Crippen MR) is 375 cm³/mol. The molecule has 2 aliphatic heterocycles. The maximum absolute atomic E-state index is 14.9. The van der Waals surface area contributed by atoms with Crippen molar-refractivity contribution in [3.8, 4) is 5.75 Å². The molecule has 94 heavy (non-hydrogen) atoms. The van der Waals surface area contributed by atoms with Crippen LogP contribution in [0.25, 0.3) is 0 Å². The first-order valence-electron chi connectivity index (χ1n) is 38.1. The quantitative estimate of drug-likeness (QED) is 0.0284. The van der Waals surface area contributed by atoms with E-state index in [1.165, 1.54) is 77.6 Å². The van der Waals surface area contributed by atoms with Crippen molar-refractivity contribution in [3.05, 3.63) is 29.8 Å². The van der Waals surface area contributed by atoms with E-state index in [0.29, 0.717) is 36.0 Å². The molecule has 19 atom stereocenters. The van der Waals surface area contributed by atoms with Crippen molar-refractivity contribution in [2.24, 2.45) is 45.8 Å². The fraction of sp³-hybridized carbons (Fsp3) is 0.880. The molecule has 5 aliphatic carbocycles. The highest BCUT2D eigenvalue weighted by Crippen LogP contribution is 2.82. The SMILES string of the molecule is CCCCCCCCCCCCCC(=O)OC[C@@H](C)[C@@]1(O)[C@@H](O[C@@H]2OC[C@H](O[Si](CC)(CC)CC)[C@H](O[C@@H]3OC[C@@H](O[Si](CC)(CC)CC)[C@H](O[Si](CC)(CC)CC)[C@H]3OC(=O)c3ccc(OC)cc3)[C@H]2OC(C)=O)C[C@H]2[C@@H]3C[C@@H](OC)[C@@]45C[C@@H]4CC[C@]5(C)[C@H]3CC[C@@]21C. The molecule has 1 spiro atoms. The molecule has 7 aliphatic rings. The fourth-order valence-corrected chi connectivity index (χ4v) is 28.4. The van der Waals surface area contributed by atoms with Crippen LogP contribution in [0.2, 0.25) is 54.4 Å². The van der Waals surface area contributed by atoms with E-state index in [9.17, 15) is 19.5 Å². The van der Waals surface area contributed by atoms with Crippen LogP contribution in [-0.2, 0) is 60.8 Å². The standard InChI is InChI=1S/C75H130O16Si3/c1-17-27-28-29-30-31-32-33-34-35-36-37-64(77)82-49-52(11)75(79)63(47-59-57-46-62(81-16)74-48-55(74)42-44-72(74,13)58(57)43-45-73(59,75)14)86-70-67(85-53(12)76)65(60(50-83-70)89-92(18-2,19-3)20-4)88-71-68(87-69(78)54-38-40-56(80-15)41-39-54)66(91-94(24-8,25-9)26-10)61(51-84-71)90-93(21-5,22-6)23-7/h38-41,52,55,57-63,65-68,70-71,79H,17-37,42-51H2,1-16H3/t52-,55+,57-,58+,59+,60+,61-,62-,63+,65+,66+,67-,68-,70+,71+,72-,73+,74-,75-/m1/s1. The highest BCUT2D eigenvalue weighted by molar-refractivity contribution is 6.74. The summed E-state index contributed by atoms with van der Waals surface area (Å²) in [6, 6.07) is 14.4. The summed E-state index contributed by atoms with van der Waals surface area (Å²) in [6.07, 6.45) is 11.3. The van der Waals surface area contributed by atoms with Crippen LogP contribution in [0, 0.1) is 45.8 Å². The lowest BCUT2D eigenvalue weighted by atomic mass is 9.44. The summed E-state index contributed by atoms with van der Waals surface area (Å²) in [5, 5.41) is 14.3. The van der Waals surface area contributed by atoms with Gasteiger partial charge in [-0.1, -0.05) is 154 Å². The molecule has 16 nitrogen and oxygen atoms in total. The van der Waals surface area contributed by atoms with Gasteiger partial charge < -0.3 is 61.0 Å². The van der Waals surface area contributed by atoms with Crippen molar-refractivity contribution in [1.82, 2.24) is 0 Å². The number of hydrogen-bond acceptors (Lipinski definition) is 16. The Morgan fingerprint density at radius 3 is 1.63 bits per heavy atom. The Balaban J connectivity index is 1.15. The molecule has 538 valence electrons. The van der Waals surface area contributed by atoms with Crippen LogP contribution in [0.15, 0.2) is 24.3 Å². The lowest BCUT2D eigenvalue weighted by Gasteiger charge is -2.61. The van der Waals surface area contributed by atoms with Gasteiger partial charge in [-0.25, -0.2) is 4.79 Å². The summed E-state index contributed by atoms with van der Waals surface area (Å²) in [7, 11) is -3.89. The van der Waals surface area contributed by atoms with E-state index in [2.05, 4.69) is 83.1 Å². The van der Waals surface area contributed by atoms with E-state index >= 15 is 0 Å². The van der Waals surface area contributed by atoms with Gasteiger partial charge in [0.15, 0.2) is 49.7 Å². The average Bonchev–Trinajstić information content (AvgIpc) is 1.48. The van der Waals surface area contributed by atoms with Crippen molar-refractivity contribution in [3.63, 3.8) is 0 Å². The van der Waals surface area contributed by atoms with Gasteiger partial charge in [-0.3, -0.25) is 9.59 Å². The lowest BCUT2D eigenvalue weighted by molar-refractivity contribution is -0.343. The van der Waals surface area contributed by atoms with Crippen molar-refractivity contribution in [1.29, 1.82) is 0 Å². The van der Waals surface area contributed by atoms with Crippen LogP contribution in [0.5, 0.6) is 5.75 Å². The first kappa shape index (κ1) is 77.5. The Morgan fingerprint density at radius 2 is 1.11 bits per heavy atom. The molecule has 0 aromatic heterocycles. The largest absolute Gasteiger partial charge is 0.497 e. The number of ether oxygens (including phenoxy) is 9. The highest BCUT2D eigenvalue weighted by atomic mass is 28.4. The van der Waals surface area contributed by atoms with Crippen molar-refractivity contribution in [2.45, 2.75) is 340 Å². The third kappa shape index (κ3) is 15.9. The summed E-state index contributed by atoms with van der Waals surface area (Å²) in [4.78, 5) is 42.7. The molecule has 2 heterocycles. The maximum atomic E-state index is 14.9. The average molecular weight is 1370 g/mol. The van der Waals surface area contributed by atoms with Crippen molar-refractivity contribution >= 4 is 42.9 Å². The lowest BCUT2D eigenvalue weighted by Crippen LogP contribution is -2.66. The second kappa shape index (κ2) is 33.9.